The van der Waals surface area contributed by atoms with E-state index in [9.17, 15) is 13.6 Å². The average Bonchev–Trinajstić information content (AvgIpc) is 2.45. The van der Waals surface area contributed by atoms with E-state index in [0.29, 0.717) is 6.42 Å². The van der Waals surface area contributed by atoms with Gasteiger partial charge in [0, 0.05) is 18.3 Å². The standard InChI is InChI=1S/C18H27F2OP/c1-3-11-17(12-4-2,14-15-8-6-5-7-9-15)16(21)10-13-18(19,20)22/h5-9H,3-4,10-14,22H2,1-2H3. The van der Waals surface area contributed by atoms with Crippen molar-refractivity contribution in [2.45, 2.75) is 64.5 Å². The van der Waals surface area contributed by atoms with E-state index in [1.165, 1.54) is 9.24 Å². The van der Waals surface area contributed by atoms with Crippen LogP contribution < -0.4 is 0 Å². The number of hydrogen-bond acceptors (Lipinski definition) is 1. The van der Waals surface area contributed by atoms with Crippen LogP contribution in [0, 0.1) is 5.41 Å². The van der Waals surface area contributed by atoms with Crippen molar-refractivity contribution in [3.8, 4) is 0 Å². The van der Waals surface area contributed by atoms with Crippen LogP contribution >= 0.6 is 9.24 Å². The third-order valence-corrected chi connectivity index (χ3v) is 4.41. The van der Waals surface area contributed by atoms with E-state index in [4.69, 9.17) is 0 Å². The maximum Gasteiger partial charge on any atom is 0.259 e. The van der Waals surface area contributed by atoms with Gasteiger partial charge in [-0.25, -0.2) is 8.78 Å². The molecule has 1 aromatic carbocycles. The lowest BCUT2D eigenvalue weighted by Gasteiger charge is -2.33. The number of alkyl halides is 2. The number of halogens is 2. The van der Waals surface area contributed by atoms with Crippen molar-refractivity contribution in [2.75, 3.05) is 0 Å². The highest BCUT2D eigenvalue weighted by molar-refractivity contribution is 7.18. The fourth-order valence-corrected chi connectivity index (χ4v) is 3.31. The zero-order valence-electron chi connectivity index (χ0n) is 13.6. The molecule has 0 aliphatic carbocycles. The maximum absolute atomic E-state index is 13.1. The van der Waals surface area contributed by atoms with Crippen LogP contribution in [0.15, 0.2) is 30.3 Å². The van der Waals surface area contributed by atoms with E-state index in [1.54, 1.807) is 0 Å². The highest BCUT2D eigenvalue weighted by Gasteiger charge is 2.37. The lowest BCUT2D eigenvalue weighted by Crippen LogP contribution is -2.34. The van der Waals surface area contributed by atoms with E-state index >= 15 is 0 Å². The molecule has 0 N–H and O–H groups in total. The topological polar surface area (TPSA) is 17.1 Å². The second-order valence-corrected chi connectivity index (χ2v) is 6.97. The van der Waals surface area contributed by atoms with Gasteiger partial charge >= 0.3 is 0 Å². The van der Waals surface area contributed by atoms with Crippen molar-refractivity contribution in [1.82, 2.24) is 0 Å². The quantitative estimate of drug-likeness (QED) is 0.509. The Kier molecular flexibility index (Phi) is 7.62. The van der Waals surface area contributed by atoms with Crippen LogP contribution in [0.25, 0.3) is 0 Å². The second-order valence-electron chi connectivity index (χ2n) is 6.13. The lowest BCUT2D eigenvalue weighted by atomic mass is 9.70. The van der Waals surface area contributed by atoms with Crippen LogP contribution in [0.3, 0.4) is 0 Å². The zero-order chi connectivity index (χ0) is 16.6. The van der Waals surface area contributed by atoms with E-state index < -0.39 is 11.1 Å². The van der Waals surface area contributed by atoms with E-state index in [-0.39, 0.29) is 18.6 Å². The molecule has 0 aliphatic rings. The van der Waals surface area contributed by atoms with Crippen molar-refractivity contribution in [2.24, 2.45) is 5.41 Å². The van der Waals surface area contributed by atoms with Crippen LogP contribution in [0.4, 0.5) is 8.78 Å². The zero-order valence-corrected chi connectivity index (χ0v) is 14.7. The fourth-order valence-electron chi connectivity index (χ4n) is 3.17. The Hall–Kier alpha value is -0.820. The molecule has 0 amide bonds. The van der Waals surface area contributed by atoms with Gasteiger partial charge in [-0.15, -0.1) is 0 Å². The Labute approximate surface area is 135 Å². The van der Waals surface area contributed by atoms with Crippen molar-refractivity contribution in [1.29, 1.82) is 0 Å². The summed E-state index contributed by atoms with van der Waals surface area (Å²) in [6, 6.07) is 9.88. The monoisotopic (exact) mass is 328 g/mol. The minimum atomic E-state index is -2.85. The normalized spacial score (nSPS) is 12.4. The maximum atomic E-state index is 13.1. The summed E-state index contributed by atoms with van der Waals surface area (Å²) in [5.74, 6) is -0.0119. The number of benzene rings is 1. The molecule has 22 heavy (non-hydrogen) atoms. The number of carbonyl (C=O) groups is 1. The first kappa shape index (κ1) is 19.2. The Morgan fingerprint density at radius 3 is 2.05 bits per heavy atom. The van der Waals surface area contributed by atoms with Crippen LogP contribution in [0.1, 0.15) is 57.9 Å². The first-order valence-corrected chi connectivity index (χ1v) is 8.64. The SMILES string of the molecule is CCCC(CCC)(Cc1ccccc1)C(=O)CCC(F)(F)P. The molecule has 0 aliphatic heterocycles. The van der Waals surface area contributed by atoms with Gasteiger partial charge in [0.15, 0.2) is 0 Å². The van der Waals surface area contributed by atoms with Gasteiger partial charge in [0.2, 0.25) is 0 Å². The van der Waals surface area contributed by atoms with Gasteiger partial charge in [-0.2, -0.15) is 0 Å². The Bertz CT molecular complexity index is 448. The van der Waals surface area contributed by atoms with Gasteiger partial charge in [0.25, 0.3) is 5.66 Å². The molecule has 1 rings (SSSR count). The lowest BCUT2D eigenvalue weighted by molar-refractivity contribution is -0.130. The Morgan fingerprint density at radius 2 is 1.59 bits per heavy atom. The third-order valence-electron chi connectivity index (χ3n) is 4.12. The summed E-state index contributed by atoms with van der Waals surface area (Å²) in [6.45, 7) is 4.10. The molecule has 1 unspecified atom stereocenters. The smallest absolute Gasteiger partial charge is 0.259 e. The first-order chi connectivity index (χ1) is 10.3. The summed E-state index contributed by atoms with van der Waals surface area (Å²) in [5, 5.41) is 0. The second kappa shape index (κ2) is 8.72. The van der Waals surface area contributed by atoms with Crippen LogP contribution in [0.5, 0.6) is 0 Å². The molecule has 0 saturated carbocycles. The van der Waals surface area contributed by atoms with Crippen LogP contribution in [-0.2, 0) is 11.2 Å². The van der Waals surface area contributed by atoms with Gasteiger partial charge in [-0.3, -0.25) is 4.79 Å². The van der Waals surface area contributed by atoms with Crippen molar-refractivity contribution in [3.05, 3.63) is 35.9 Å². The number of carbonyl (C=O) groups excluding carboxylic acids is 1. The summed E-state index contributed by atoms with van der Waals surface area (Å²) in [7, 11) is 1.53. The van der Waals surface area contributed by atoms with Gasteiger partial charge in [-0.05, 0) is 24.8 Å². The molecule has 4 heteroatoms. The molecular formula is C18H27F2OP. The predicted molar refractivity (Wildman–Crippen MR) is 91.3 cm³/mol. The van der Waals surface area contributed by atoms with E-state index in [1.807, 2.05) is 44.2 Å². The van der Waals surface area contributed by atoms with Crippen molar-refractivity contribution < 1.29 is 13.6 Å². The molecule has 124 valence electrons. The highest BCUT2D eigenvalue weighted by Crippen LogP contribution is 2.38. The largest absolute Gasteiger partial charge is 0.299 e. The number of Topliss-reactive ketones (excluding diaryl/α,β-unsaturated/α-hetero) is 1. The minimum Gasteiger partial charge on any atom is -0.299 e. The van der Waals surface area contributed by atoms with Gasteiger partial charge in [0.1, 0.15) is 5.78 Å². The van der Waals surface area contributed by atoms with E-state index in [2.05, 4.69) is 0 Å². The molecule has 0 saturated heterocycles. The summed E-state index contributed by atoms with van der Waals surface area (Å²) >= 11 is 0. The summed E-state index contributed by atoms with van der Waals surface area (Å²) < 4.78 is 26.2. The molecule has 0 bridgehead atoms. The number of rotatable bonds is 10. The average molecular weight is 328 g/mol. The number of ketones is 1. The van der Waals surface area contributed by atoms with Gasteiger partial charge in [-0.1, -0.05) is 66.3 Å². The molecule has 0 aromatic heterocycles. The molecule has 0 radical (unpaired) electrons. The van der Waals surface area contributed by atoms with Crippen LogP contribution in [-0.4, -0.2) is 11.4 Å². The molecule has 0 spiro atoms. The predicted octanol–water partition coefficient (Wildman–Crippen LogP) is 5.63. The first-order valence-electron chi connectivity index (χ1n) is 8.07. The van der Waals surface area contributed by atoms with Crippen molar-refractivity contribution >= 4 is 15.0 Å². The van der Waals surface area contributed by atoms with Gasteiger partial charge < -0.3 is 0 Å². The van der Waals surface area contributed by atoms with E-state index in [0.717, 1.165) is 31.2 Å². The van der Waals surface area contributed by atoms with Crippen molar-refractivity contribution in [3.63, 3.8) is 0 Å². The molecule has 1 aromatic rings. The summed E-state index contributed by atoms with van der Waals surface area (Å²) in [4.78, 5) is 12.8. The summed E-state index contributed by atoms with van der Waals surface area (Å²) in [6.07, 6.45) is 3.50. The molecule has 1 atom stereocenters. The summed E-state index contributed by atoms with van der Waals surface area (Å²) in [5.41, 5.74) is -2.25. The fraction of sp³-hybridized carbons (Fsp3) is 0.611. The Balaban J connectivity index is 2.95. The molecular weight excluding hydrogens is 301 g/mol. The van der Waals surface area contributed by atoms with Gasteiger partial charge in [0.05, 0.1) is 0 Å². The molecule has 0 fully saturated rings. The van der Waals surface area contributed by atoms with Crippen LogP contribution in [0.2, 0.25) is 0 Å². The highest BCUT2D eigenvalue weighted by atomic mass is 31.0. The third kappa shape index (κ3) is 6.12. The number of hydrogen-bond donors (Lipinski definition) is 0. The minimum absolute atomic E-state index is 0.0119. The molecule has 1 nitrogen and oxygen atoms in total. The molecule has 0 heterocycles. The Morgan fingerprint density at radius 1 is 1.05 bits per heavy atom.